The lowest BCUT2D eigenvalue weighted by Crippen LogP contribution is -2.43. The Bertz CT molecular complexity index is 428. The normalized spacial score (nSPS) is 24.9. The highest BCUT2D eigenvalue weighted by Gasteiger charge is 2.47. The van der Waals surface area contributed by atoms with Crippen LogP contribution in [0.3, 0.4) is 0 Å². The Morgan fingerprint density at radius 2 is 1.95 bits per heavy atom. The fourth-order valence-electron chi connectivity index (χ4n) is 3.20. The summed E-state index contributed by atoms with van der Waals surface area (Å²) in [5.74, 6) is -0.429. The molecule has 1 spiro atoms. The van der Waals surface area contributed by atoms with E-state index in [1.54, 1.807) is 6.20 Å². The summed E-state index contributed by atoms with van der Waals surface area (Å²) in [6.45, 7) is 4.31. The summed E-state index contributed by atoms with van der Waals surface area (Å²) in [4.78, 5) is 0. The Kier molecular flexibility index (Phi) is 3.37. The molecular formula is C14H22N2O3. The highest BCUT2D eigenvalue weighted by atomic mass is 16.7. The molecule has 2 fully saturated rings. The lowest BCUT2D eigenvalue weighted by atomic mass is 9.79. The van der Waals surface area contributed by atoms with Crippen molar-refractivity contribution in [1.29, 1.82) is 0 Å². The van der Waals surface area contributed by atoms with Crippen molar-refractivity contribution < 1.29 is 14.6 Å². The first-order valence-electron chi connectivity index (χ1n) is 7.20. The van der Waals surface area contributed by atoms with E-state index in [-0.39, 0.29) is 0 Å². The average Bonchev–Trinajstić information content (AvgIpc) is 3.04. The van der Waals surface area contributed by atoms with Gasteiger partial charge >= 0.3 is 0 Å². The van der Waals surface area contributed by atoms with E-state index in [0.29, 0.717) is 26.1 Å². The largest absolute Gasteiger partial charge is 0.384 e. The summed E-state index contributed by atoms with van der Waals surface area (Å²) in [5.41, 5.74) is 0.147. The highest BCUT2D eigenvalue weighted by Crippen LogP contribution is 2.44. The SMILES string of the molecule is CCCn1nccc1C1(O)CCC2(CC1)OCCO2. The van der Waals surface area contributed by atoms with Crippen LogP contribution in [0.1, 0.15) is 44.7 Å². The molecule has 3 rings (SSSR count). The third-order valence-corrected chi connectivity index (χ3v) is 4.28. The zero-order chi connectivity index (χ0) is 13.3. The van der Waals surface area contributed by atoms with Gasteiger partial charge in [0.1, 0.15) is 5.60 Å². The minimum absolute atomic E-state index is 0.429. The third kappa shape index (κ3) is 2.30. The van der Waals surface area contributed by atoms with Gasteiger partial charge in [0.2, 0.25) is 0 Å². The van der Waals surface area contributed by atoms with E-state index >= 15 is 0 Å². The number of aromatic nitrogens is 2. The molecule has 5 heteroatoms. The number of aryl methyl sites for hydroxylation is 1. The van der Waals surface area contributed by atoms with Gasteiger partial charge in [-0.2, -0.15) is 5.10 Å². The van der Waals surface area contributed by atoms with Crippen LogP contribution in [0.2, 0.25) is 0 Å². The summed E-state index contributed by atoms with van der Waals surface area (Å²) in [6, 6.07) is 1.93. The van der Waals surface area contributed by atoms with Crippen molar-refractivity contribution in [1.82, 2.24) is 9.78 Å². The minimum Gasteiger partial charge on any atom is -0.384 e. The maximum atomic E-state index is 10.9. The van der Waals surface area contributed by atoms with Gasteiger partial charge in [0.05, 0.1) is 18.9 Å². The summed E-state index contributed by atoms with van der Waals surface area (Å²) in [6.07, 6.45) is 5.63. The van der Waals surface area contributed by atoms with Gasteiger partial charge < -0.3 is 14.6 Å². The van der Waals surface area contributed by atoms with Crippen molar-refractivity contribution in [2.75, 3.05) is 13.2 Å². The van der Waals surface area contributed by atoms with Crippen LogP contribution < -0.4 is 0 Å². The standard InChI is InChI=1S/C14H22N2O3/c1-2-9-16-12(3-8-15-16)13(17)4-6-14(7-5-13)18-10-11-19-14/h3,8,17H,2,4-7,9-11H2,1H3. The van der Waals surface area contributed by atoms with Gasteiger partial charge in [-0.3, -0.25) is 4.68 Å². The Morgan fingerprint density at radius 3 is 2.58 bits per heavy atom. The Hall–Kier alpha value is -0.910. The summed E-state index contributed by atoms with van der Waals surface area (Å²) < 4.78 is 13.4. The van der Waals surface area contributed by atoms with Gasteiger partial charge in [-0.1, -0.05) is 6.92 Å². The Labute approximate surface area is 113 Å². The molecule has 0 unspecified atom stereocenters. The molecular weight excluding hydrogens is 244 g/mol. The van der Waals surface area contributed by atoms with Crippen molar-refractivity contribution in [3.05, 3.63) is 18.0 Å². The molecule has 19 heavy (non-hydrogen) atoms. The maximum Gasteiger partial charge on any atom is 0.168 e. The molecule has 1 aromatic rings. The molecule has 0 aromatic carbocycles. The fraction of sp³-hybridized carbons (Fsp3) is 0.786. The number of hydrogen-bond donors (Lipinski definition) is 1. The summed E-state index contributed by atoms with van der Waals surface area (Å²) in [7, 11) is 0. The maximum absolute atomic E-state index is 10.9. The predicted molar refractivity (Wildman–Crippen MR) is 69.5 cm³/mol. The monoisotopic (exact) mass is 266 g/mol. The van der Waals surface area contributed by atoms with Crippen LogP contribution in [-0.2, 0) is 21.6 Å². The van der Waals surface area contributed by atoms with Crippen LogP contribution in [0.25, 0.3) is 0 Å². The predicted octanol–water partition coefficient (Wildman–Crippen LogP) is 1.80. The van der Waals surface area contributed by atoms with Crippen molar-refractivity contribution in [2.45, 2.75) is 57.0 Å². The quantitative estimate of drug-likeness (QED) is 0.906. The number of hydrogen-bond acceptors (Lipinski definition) is 4. The van der Waals surface area contributed by atoms with Crippen LogP contribution in [0, 0.1) is 0 Å². The second kappa shape index (κ2) is 4.89. The lowest BCUT2D eigenvalue weighted by Gasteiger charge is -2.40. The summed E-state index contributed by atoms with van der Waals surface area (Å²) >= 11 is 0. The van der Waals surface area contributed by atoms with E-state index in [0.717, 1.165) is 31.5 Å². The molecule has 1 saturated carbocycles. The second-order valence-corrected chi connectivity index (χ2v) is 5.58. The fourth-order valence-corrected chi connectivity index (χ4v) is 3.20. The van der Waals surface area contributed by atoms with Crippen molar-refractivity contribution >= 4 is 0 Å². The summed E-state index contributed by atoms with van der Waals surface area (Å²) in [5, 5.41) is 15.2. The van der Waals surface area contributed by atoms with Gasteiger partial charge in [-0.15, -0.1) is 0 Å². The van der Waals surface area contributed by atoms with Crippen LogP contribution in [0.4, 0.5) is 0 Å². The van der Waals surface area contributed by atoms with E-state index < -0.39 is 11.4 Å². The van der Waals surface area contributed by atoms with Crippen molar-refractivity contribution in [3.8, 4) is 0 Å². The highest BCUT2D eigenvalue weighted by molar-refractivity contribution is 5.14. The average molecular weight is 266 g/mol. The van der Waals surface area contributed by atoms with E-state index in [2.05, 4.69) is 12.0 Å². The molecule has 2 aliphatic rings. The molecule has 0 amide bonds. The number of ether oxygens (including phenoxy) is 2. The van der Waals surface area contributed by atoms with Gasteiger partial charge in [0, 0.05) is 25.6 Å². The number of nitrogens with zero attached hydrogens (tertiary/aromatic N) is 2. The Morgan fingerprint density at radius 1 is 1.26 bits per heavy atom. The van der Waals surface area contributed by atoms with Crippen LogP contribution >= 0.6 is 0 Å². The zero-order valence-corrected chi connectivity index (χ0v) is 11.5. The lowest BCUT2D eigenvalue weighted by molar-refractivity contribution is -0.205. The first-order chi connectivity index (χ1) is 9.18. The molecule has 0 atom stereocenters. The molecule has 0 bridgehead atoms. The van der Waals surface area contributed by atoms with Gasteiger partial charge in [-0.05, 0) is 25.3 Å². The van der Waals surface area contributed by atoms with Gasteiger partial charge in [-0.25, -0.2) is 0 Å². The van der Waals surface area contributed by atoms with Crippen molar-refractivity contribution in [2.24, 2.45) is 0 Å². The van der Waals surface area contributed by atoms with E-state index in [1.807, 2.05) is 10.7 Å². The molecule has 2 heterocycles. The Balaban J connectivity index is 1.75. The van der Waals surface area contributed by atoms with Gasteiger partial charge in [0.25, 0.3) is 0 Å². The van der Waals surface area contributed by atoms with Crippen LogP contribution in [-0.4, -0.2) is 33.9 Å². The zero-order valence-electron chi connectivity index (χ0n) is 11.5. The van der Waals surface area contributed by atoms with Crippen LogP contribution in [0.15, 0.2) is 12.3 Å². The number of aliphatic hydroxyl groups is 1. The molecule has 106 valence electrons. The first kappa shape index (κ1) is 13.1. The molecule has 1 aliphatic heterocycles. The number of rotatable bonds is 3. The smallest absolute Gasteiger partial charge is 0.168 e. The molecule has 1 aromatic heterocycles. The van der Waals surface area contributed by atoms with E-state index in [9.17, 15) is 5.11 Å². The van der Waals surface area contributed by atoms with Crippen LogP contribution in [0.5, 0.6) is 0 Å². The molecule has 1 aliphatic carbocycles. The minimum atomic E-state index is -0.785. The molecule has 1 saturated heterocycles. The second-order valence-electron chi connectivity index (χ2n) is 5.58. The molecule has 0 radical (unpaired) electrons. The van der Waals surface area contributed by atoms with E-state index in [1.165, 1.54) is 0 Å². The van der Waals surface area contributed by atoms with E-state index in [4.69, 9.17) is 9.47 Å². The third-order valence-electron chi connectivity index (χ3n) is 4.28. The van der Waals surface area contributed by atoms with Crippen molar-refractivity contribution in [3.63, 3.8) is 0 Å². The topological polar surface area (TPSA) is 56.5 Å². The van der Waals surface area contributed by atoms with Gasteiger partial charge in [0.15, 0.2) is 5.79 Å². The first-order valence-corrected chi connectivity index (χ1v) is 7.20. The molecule has 5 nitrogen and oxygen atoms in total. The molecule has 1 N–H and O–H groups in total.